The normalized spacial score (nSPS) is 11.1. The van der Waals surface area contributed by atoms with Gasteiger partial charge in [0.05, 0.1) is 5.02 Å². The third-order valence-electron chi connectivity index (χ3n) is 2.28. The molecule has 0 fully saturated rings. The lowest BCUT2D eigenvalue weighted by molar-refractivity contribution is -0.123. The number of carbonyl (C=O) groups excluding carboxylic acids is 1. The summed E-state index contributed by atoms with van der Waals surface area (Å²) in [5.74, 6) is -0.300. The van der Waals surface area contributed by atoms with E-state index in [1.54, 1.807) is 35.7 Å². The Kier molecular flexibility index (Phi) is 5.18. The van der Waals surface area contributed by atoms with Crippen LogP contribution in [0.2, 0.25) is 5.02 Å². The van der Waals surface area contributed by atoms with Crippen LogP contribution in [0.3, 0.4) is 0 Å². The van der Waals surface area contributed by atoms with Crippen LogP contribution in [0, 0.1) is 0 Å². The van der Waals surface area contributed by atoms with Crippen molar-refractivity contribution in [2.75, 3.05) is 6.61 Å². The molecule has 112 valence electrons. The molecule has 1 heterocycles. The molecule has 0 atom stereocenters. The van der Waals surface area contributed by atoms with Crippen LogP contribution in [0.4, 0.5) is 0 Å². The van der Waals surface area contributed by atoms with Gasteiger partial charge in [0.15, 0.2) is 6.61 Å². The van der Waals surface area contributed by atoms with Crippen LogP contribution >= 0.6 is 22.9 Å². The van der Waals surface area contributed by atoms with Gasteiger partial charge < -0.3 is 4.74 Å². The molecule has 0 aliphatic heterocycles. The fourth-order valence-corrected chi connectivity index (χ4v) is 3.38. The lowest BCUT2D eigenvalue weighted by atomic mass is 10.3. The Labute approximate surface area is 130 Å². The van der Waals surface area contributed by atoms with Crippen LogP contribution in [0.5, 0.6) is 5.75 Å². The number of rotatable bonds is 6. The first kappa shape index (κ1) is 15.8. The third kappa shape index (κ3) is 4.43. The maximum Gasteiger partial charge on any atom is 0.272 e. The molecule has 1 amide bonds. The monoisotopic (exact) mass is 346 g/mol. The van der Waals surface area contributed by atoms with Gasteiger partial charge in [-0.25, -0.2) is 8.42 Å². The van der Waals surface area contributed by atoms with Gasteiger partial charge >= 0.3 is 0 Å². The SMILES string of the molecule is O=C(COc1ccccc1Cl)NNS(=O)(=O)c1cccs1. The fraction of sp³-hybridized carbons (Fsp3) is 0.0833. The van der Waals surface area contributed by atoms with Crippen molar-refractivity contribution in [1.82, 2.24) is 10.3 Å². The van der Waals surface area contributed by atoms with E-state index in [-0.39, 0.29) is 10.8 Å². The van der Waals surface area contributed by atoms with E-state index in [1.165, 1.54) is 6.07 Å². The van der Waals surface area contributed by atoms with Crippen LogP contribution in [0.25, 0.3) is 0 Å². The van der Waals surface area contributed by atoms with E-state index < -0.39 is 15.9 Å². The van der Waals surface area contributed by atoms with Crippen molar-refractivity contribution < 1.29 is 17.9 Å². The minimum atomic E-state index is -3.75. The van der Waals surface area contributed by atoms with Crippen molar-refractivity contribution in [3.63, 3.8) is 0 Å². The molecule has 0 bridgehead atoms. The molecule has 0 saturated carbocycles. The molecule has 0 spiro atoms. The van der Waals surface area contributed by atoms with Crippen molar-refractivity contribution in [3.8, 4) is 5.75 Å². The third-order valence-corrected chi connectivity index (χ3v) is 5.24. The fourth-order valence-electron chi connectivity index (χ4n) is 1.33. The summed E-state index contributed by atoms with van der Waals surface area (Å²) in [4.78, 5) is 13.5. The number of amides is 1. The Bertz CT molecular complexity index is 717. The van der Waals surface area contributed by atoms with E-state index in [4.69, 9.17) is 16.3 Å². The predicted molar refractivity (Wildman–Crippen MR) is 79.7 cm³/mol. The minimum Gasteiger partial charge on any atom is -0.482 e. The van der Waals surface area contributed by atoms with Crippen LogP contribution < -0.4 is 15.0 Å². The second kappa shape index (κ2) is 6.90. The van der Waals surface area contributed by atoms with Gasteiger partial charge in [0.1, 0.15) is 9.96 Å². The van der Waals surface area contributed by atoms with Gasteiger partial charge in [-0.1, -0.05) is 29.8 Å². The molecule has 21 heavy (non-hydrogen) atoms. The number of para-hydroxylation sites is 1. The van der Waals surface area contributed by atoms with Gasteiger partial charge in [0.25, 0.3) is 15.9 Å². The summed E-state index contributed by atoms with van der Waals surface area (Å²) in [6, 6.07) is 9.68. The Hall–Kier alpha value is -1.61. The molecular weight excluding hydrogens is 336 g/mol. The second-order valence-electron chi connectivity index (χ2n) is 3.80. The van der Waals surface area contributed by atoms with Crippen LogP contribution in [0.15, 0.2) is 46.0 Å². The zero-order chi connectivity index (χ0) is 15.3. The lowest BCUT2D eigenvalue weighted by Gasteiger charge is -2.09. The number of sulfonamides is 1. The van der Waals surface area contributed by atoms with Crippen LogP contribution in [-0.4, -0.2) is 20.9 Å². The molecule has 2 rings (SSSR count). The number of hydrazine groups is 1. The molecule has 2 N–H and O–H groups in total. The van der Waals surface area contributed by atoms with Gasteiger partial charge in [0.2, 0.25) is 0 Å². The average molecular weight is 347 g/mol. The molecule has 2 aromatic rings. The summed E-state index contributed by atoms with van der Waals surface area (Å²) in [5.41, 5.74) is 2.06. The van der Waals surface area contributed by atoms with Gasteiger partial charge in [-0.05, 0) is 23.6 Å². The first-order valence-electron chi connectivity index (χ1n) is 5.70. The van der Waals surface area contributed by atoms with E-state index in [9.17, 15) is 13.2 Å². The average Bonchev–Trinajstić information content (AvgIpc) is 2.99. The smallest absolute Gasteiger partial charge is 0.272 e. The first-order chi connectivity index (χ1) is 9.99. The van der Waals surface area contributed by atoms with Crippen molar-refractivity contribution >= 4 is 38.9 Å². The highest BCUT2D eigenvalue weighted by molar-refractivity contribution is 7.91. The standard InChI is InChI=1S/C12H11ClN2O4S2/c13-9-4-1-2-5-10(9)19-8-11(16)14-15-21(17,18)12-6-3-7-20-12/h1-7,15H,8H2,(H,14,16). The summed E-state index contributed by atoms with van der Waals surface area (Å²) >= 11 is 6.90. The zero-order valence-corrected chi connectivity index (χ0v) is 13.0. The zero-order valence-electron chi connectivity index (χ0n) is 10.6. The van der Waals surface area contributed by atoms with E-state index in [0.29, 0.717) is 10.8 Å². The van der Waals surface area contributed by atoms with E-state index in [1.807, 2.05) is 4.83 Å². The summed E-state index contributed by atoms with van der Waals surface area (Å²) in [7, 11) is -3.75. The molecule has 6 nitrogen and oxygen atoms in total. The van der Waals surface area contributed by atoms with E-state index in [0.717, 1.165) is 11.3 Å². The molecule has 1 aromatic carbocycles. The number of hydrogen-bond donors (Lipinski definition) is 2. The lowest BCUT2D eigenvalue weighted by Crippen LogP contribution is -2.43. The molecule has 9 heteroatoms. The van der Waals surface area contributed by atoms with Crippen LogP contribution in [0.1, 0.15) is 0 Å². The van der Waals surface area contributed by atoms with Crippen LogP contribution in [-0.2, 0) is 14.8 Å². The Balaban J connectivity index is 1.85. The summed E-state index contributed by atoms with van der Waals surface area (Å²) < 4.78 is 28.8. The van der Waals surface area contributed by atoms with Gasteiger partial charge in [-0.2, -0.15) is 0 Å². The highest BCUT2D eigenvalue weighted by atomic mass is 35.5. The molecule has 1 aromatic heterocycles. The molecule has 0 unspecified atom stereocenters. The Morgan fingerprint density at radius 1 is 1.24 bits per heavy atom. The maximum absolute atomic E-state index is 11.7. The second-order valence-corrected chi connectivity index (χ2v) is 7.07. The van der Waals surface area contributed by atoms with E-state index in [2.05, 4.69) is 5.43 Å². The van der Waals surface area contributed by atoms with Gasteiger partial charge in [0, 0.05) is 0 Å². The summed E-state index contributed by atoms with van der Waals surface area (Å²) in [6.07, 6.45) is 0. The number of nitrogens with one attached hydrogen (secondary N) is 2. The molecular formula is C12H11ClN2O4S2. The largest absolute Gasteiger partial charge is 0.482 e. The molecule has 0 aliphatic rings. The summed E-state index contributed by atoms with van der Waals surface area (Å²) in [6.45, 7) is -0.364. The summed E-state index contributed by atoms with van der Waals surface area (Å²) in [5, 5.41) is 1.99. The van der Waals surface area contributed by atoms with Crippen molar-refractivity contribution in [2.24, 2.45) is 0 Å². The van der Waals surface area contributed by atoms with E-state index >= 15 is 0 Å². The molecule has 0 saturated heterocycles. The Morgan fingerprint density at radius 3 is 2.67 bits per heavy atom. The van der Waals surface area contributed by atoms with Crippen molar-refractivity contribution in [1.29, 1.82) is 0 Å². The predicted octanol–water partition coefficient (Wildman–Crippen LogP) is 1.79. The Morgan fingerprint density at radius 2 is 2.00 bits per heavy atom. The highest BCUT2D eigenvalue weighted by Gasteiger charge is 2.16. The number of hydrogen-bond acceptors (Lipinski definition) is 5. The van der Waals surface area contributed by atoms with Gasteiger partial charge in [-0.15, -0.1) is 16.2 Å². The van der Waals surface area contributed by atoms with Gasteiger partial charge in [-0.3, -0.25) is 10.2 Å². The number of carbonyl (C=O) groups is 1. The van der Waals surface area contributed by atoms with Crippen molar-refractivity contribution in [2.45, 2.75) is 4.21 Å². The number of benzene rings is 1. The number of thiophene rings is 1. The number of halogens is 1. The minimum absolute atomic E-state index is 0.106. The first-order valence-corrected chi connectivity index (χ1v) is 8.44. The quantitative estimate of drug-likeness (QED) is 0.781. The number of ether oxygens (including phenoxy) is 1. The topological polar surface area (TPSA) is 84.5 Å². The van der Waals surface area contributed by atoms with Crippen molar-refractivity contribution in [3.05, 3.63) is 46.8 Å². The maximum atomic E-state index is 11.7. The molecule has 0 aliphatic carbocycles. The molecule has 0 radical (unpaired) electrons. The highest BCUT2D eigenvalue weighted by Crippen LogP contribution is 2.22.